The molecule has 0 saturated heterocycles. The molecule has 0 unspecified atom stereocenters. The Morgan fingerprint density at radius 2 is 1.35 bits per heavy atom. The fourth-order valence-corrected chi connectivity index (χ4v) is 2.12. The van der Waals surface area contributed by atoms with Crippen LogP contribution in [0.5, 0.6) is 0 Å². The second-order valence-electron chi connectivity index (χ2n) is 5.35. The van der Waals surface area contributed by atoms with Crippen molar-refractivity contribution < 1.29 is 14.0 Å². The summed E-state index contributed by atoms with van der Waals surface area (Å²) in [6.45, 7) is 1.49. The number of benzene rings is 2. The summed E-state index contributed by atoms with van der Waals surface area (Å²) < 4.78 is 12.9. The Labute approximate surface area is 135 Å². The summed E-state index contributed by atoms with van der Waals surface area (Å²) in [7, 11) is 3.39. The summed E-state index contributed by atoms with van der Waals surface area (Å²) >= 11 is 0. The zero-order valence-corrected chi connectivity index (χ0v) is 13.4. The van der Waals surface area contributed by atoms with Crippen LogP contribution >= 0.6 is 0 Å². The first kappa shape index (κ1) is 16.7. The molecule has 0 aliphatic carbocycles. The van der Waals surface area contributed by atoms with Crippen LogP contribution in [0.4, 0.5) is 15.8 Å². The first-order valence-corrected chi connectivity index (χ1v) is 7.24. The number of carbonyl (C=O) groups is 2. The first-order chi connectivity index (χ1) is 10.9. The quantitative estimate of drug-likeness (QED) is 0.870. The van der Waals surface area contributed by atoms with Gasteiger partial charge in [-0.1, -0.05) is 12.1 Å². The maximum absolute atomic E-state index is 12.9. The molecule has 0 radical (unpaired) electrons. The predicted molar refractivity (Wildman–Crippen MR) is 89.0 cm³/mol. The lowest BCUT2D eigenvalue weighted by Crippen LogP contribution is -2.28. The van der Waals surface area contributed by atoms with Crippen molar-refractivity contribution in [3.8, 4) is 0 Å². The van der Waals surface area contributed by atoms with Crippen molar-refractivity contribution in [3.63, 3.8) is 0 Å². The van der Waals surface area contributed by atoms with Gasteiger partial charge in [-0.15, -0.1) is 0 Å². The van der Waals surface area contributed by atoms with E-state index in [-0.39, 0.29) is 24.1 Å². The first-order valence-electron chi connectivity index (χ1n) is 7.24. The highest BCUT2D eigenvalue weighted by Gasteiger charge is 2.13. The number of anilines is 2. The van der Waals surface area contributed by atoms with Crippen molar-refractivity contribution in [2.45, 2.75) is 13.3 Å². The Morgan fingerprint density at radius 1 is 0.870 bits per heavy atom. The van der Waals surface area contributed by atoms with Crippen molar-refractivity contribution in [1.29, 1.82) is 0 Å². The summed E-state index contributed by atoms with van der Waals surface area (Å²) in [5, 5.41) is 0. The molecular weight excluding hydrogens is 295 g/mol. The van der Waals surface area contributed by atoms with E-state index in [2.05, 4.69) is 0 Å². The van der Waals surface area contributed by atoms with Gasteiger partial charge in [-0.25, -0.2) is 4.39 Å². The highest BCUT2D eigenvalue weighted by Crippen LogP contribution is 2.20. The fraction of sp³-hybridized carbons (Fsp3) is 0.222. The van der Waals surface area contributed by atoms with E-state index in [1.165, 1.54) is 24.0 Å². The lowest BCUT2D eigenvalue weighted by atomic mass is 10.1. The van der Waals surface area contributed by atoms with E-state index in [0.717, 1.165) is 16.9 Å². The second-order valence-corrected chi connectivity index (χ2v) is 5.35. The van der Waals surface area contributed by atoms with E-state index in [1.54, 1.807) is 55.4 Å². The summed E-state index contributed by atoms with van der Waals surface area (Å²) in [5.74, 6) is -0.470. The molecule has 23 heavy (non-hydrogen) atoms. The molecule has 0 fully saturated rings. The van der Waals surface area contributed by atoms with Gasteiger partial charge in [0.15, 0.2) is 0 Å². The van der Waals surface area contributed by atoms with Gasteiger partial charge in [0.25, 0.3) is 0 Å². The minimum absolute atomic E-state index is 0.0570. The van der Waals surface area contributed by atoms with Gasteiger partial charge in [-0.05, 0) is 42.0 Å². The van der Waals surface area contributed by atoms with Gasteiger partial charge in [-0.2, -0.15) is 0 Å². The minimum atomic E-state index is -0.320. The average Bonchev–Trinajstić information content (AvgIpc) is 2.55. The smallest absolute Gasteiger partial charge is 0.231 e. The van der Waals surface area contributed by atoms with Crippen LogP contribution in [0.15, 0.2) is 48.5 Å². The van der Waals surface area contributed by atoms with Crippen molar-refractivity contribution in [2.24, 2.45) is 0 Å². The Morgan fingerprint density at radius 3 is 1.83 bits per heavy atom. The number of nitrogens with zero attached hydrogens (tertiary/aromatic N) is 2. The molecule has 0 atom stereocenters. The van der Waals surface area contributed by atoms with Crippen LogP contribution in [0.25, 0.3) is 0 Å². The van der Waals surface area contributed by atoms with Gasteiger partial charge in [0.05, 0.1) is 6.42 Å². The zero-order valence-electron chi connectivity index (χ0n) is 13.4. The van der Waals surface area contributed by atoms with Crippen LogP contribution in [0.3, 0.4) is 0 Å². The van der Waals surface area contributed by atoms with Crippen molar-refractivity contribution in [3.05, 3.63) is 59.9 Å². The number of likely N-dealkylation sites (N-methyl/N-ethyl adjacent to an activating group) is 1. The summed E-state index contributed by atoms with van der Waals surface area (Å²) in [5.41, 5.74) is 2.26. The van der Waals surface area contributed by atoms with E-state index in [9.17, 15) is 14.0 Å². The molecular formula is C18H19FN2O2. The van der Waals surface area contributed by atoms with Gasteiger partial charge >= 0.3 is 0 Å². The van der Waals surface area contributed by atoms with E-state index in [4.69, 9.17) is 0 Å². The highest BCUT2D eigenvalue weighted by molar-refractivity contribution is 5.95. The number of rotatable bonds is 4. The molecule has 0 aromatic heterocycles. The number of carbonyl (C=O) groups excluding carboxylic acids is 2. The Hall–Kier alpha value is -2.69. The second kappa shape index (κ2) is 7.05. The normalized spacial score (nSPS) is 10.3. The Kier molecular flexibility index (Phi) is 5.11. The van der Waals surface area contributed by atoms with Crippen LogP contribution in [-0.4, -0.2) is 25.9 Å². The largest absolute Gasteiger partial charge is 0.316 e. The van der Waals surface area contributed by atoms with E-state index >= 15 is 0 Å². The molecule has 5 heteroatoms. The Balaban J connectivity index is 2.07. The third-order valence-electron chi connectivity index (χ3n) is 3.74. The monoisotopic (exact) mass is 314 g/mol. The molecule has 0 aliphatic rings. The SMILES string of the molecule is CC(=O)N(C)c1ccc(N(C)C(=O)Cc2ccc(F)cc2)cc1. The average molecular weight is 314 g/mol. The van der Waals surface area contributed by atoms with Crippen LogP contribution in [-0.2, 0) is 16.0 Å². The van der Waals surface area contributed by atoms with Crippen LogP contribution in [0, 0.1) is 5.82 Å². The van der Waals surface area contributed by atoms with Gasteiger partial charge in [-0.3, -0.25) is 9.59 Å². The predicted octanol–water partition coefficient (Wildman–Crippen LogP) is 3.01. The van der Waals surface area contributed by atoms with E-state index in [0.29, 0.717) is 0 Å². The molecule has 0 saturated carbocycles. The maximum Gasteiger partial charge on any atom is 0.231 e. The lowest BCUT2D eigenvalue weighted by molar-refractivity contribution is -0.118. The molecule has 0 N–H and O–H groups in total. The van der Waals surface area contributed by atoms with E-state index in [1.807, 2.05) is 0 Å². The molecule has 2 rings (SSSR count). The number of hydrogen-bond donors (Lipinski definition) is 0. The van der Waals surface area contributed by atoms with Crippen LogP contribution in [0.1, 0.15) is 12.5 Å². The molecule has 2 aromatic carbocycles. The summed E-state index contributed by atoms with van der Waals surface area (Å²) in [4.78, 5) is 26.7. The molecule has 0 heterocycles. The van der Waals surface area contributed by atoms with Crippen molar-refractivity contribution in [2.75, 3.05) is 23.9 Å². The van der Waals surface area contributed by atoms with Crippen LogP contribution < -0.4 is 9.80 Å². The standard InChI is InChI=1S/C18H19FN2O2/c1-13(22)20(2)16-8-10-17(11-9-16)21(3)18(23)12-14-4-6-15(19)7-5-14/h4-11H,12H2,1-3H3. The zero-order chi connectivity index (χ0) is 17.0. The van der Waals surface area contributed by atoms with E-state index < -0.39 is 0 Å². The lowest BCUT2D eigenvalue weighted by Gasteiger charge is -2.20. The molecule has 2 amide bonds. The maximum atomic E-state index is 12.9. The number of amides is 2. The van der Waals surface area contributed by atoms with Crippen molar-refractivity contribution in [1.82, 2.24) is 0 Å². The van der Waals surface area contributed by atoms with Crippen molar-refractivity contribution >= 4 is 23.2 Å². The molecule has 0 aliphatic heterocycles. The molecule has 2 aromatic rings. The molecule has 0 spiro atoms. The minimum Gasteiger partial charge on any atom is -0.316 e. The van der Waals surface area contributed by atoms with Gasteiger partial charge in [0.1, 0.15) is 5.82 Å². The van der Waals surface area contributed by atoms with Gasteiger partial charge < -0.3 is 9.80 Å². The molecule has 4 nitrogen and oxygen atoms in total. The van der Waals surface area contributed by atoms with Crippen LogP contribution in [0.2, 0.25) is 0 Å². The summed E-state index contributed by atoms with van der Waals surface area (Å²) in [6, 6.07) is 13.0. The third-order valence-corrected chi connectivity index (χ3v) is 3.74. The number of hydrogen-bond acceptors (Lipinski definition) is 2. The topological polar surface area (TPSA) is 40.6 Å². The molecule has 120 valence electrons. The van der Waals surface area contributed by atoms with Gasteiger partial charge in [0, 0.05) is 32.4 Å². The van der Waals surface area contributed by atoms with Gasteiger partial charge in [0.2, 0.25) is 11.8 Å². The Bertz CT molecular complexity index is 696. The molecule has 0 bridgehead atoms. The highest BCUT2D eigenvalue weighted by atomic mass is 19.1. The number of halogens is 1. The fourth-order valence-electron chi connectivity index (χ4n) is 2.12. The summed E-state index contributed by atoms with van der Waals surface area (Å²) in [6.07, 6.45) is 0.200. The third kappa shape index (κ3) is 4.16.